The van der Waals surface area contributed by atoms with Crippen molar-refractivity contribution in [3.63, 3.8) is 0 Å². The normalized spacial score (nSPS) is 28.3. The maximum absolute atomic E-state index is 2.60. The van der Waals surface area contributed by atoms with Crippen molar-refractivity contribution in [1.82, 2.24) is 0 Å². The number of benzene rings is 2. The van der Waals surface area contributed by atoms with Crippen molar-refractivity contribution in [2.45, 2.75) is 25.7 Å². The molecule has 0 spiro atoms. The van der Waals surface area contributed by atoms with Gasteiger partial charge in [-0.1, -0.05) is 146 Å². The molecule has 6 unspecified atom stereocenters. The van der Waals surface area contributed by atoms with Crippen molar-refractivity contribution in [3.8, 4) is 0 Å². The summed E-state index contributed by atoms with van der Waals surface area (Å²) in [4.78, 5) is 0. The second kappa shape index (κ2) is 16.0. The molecule has 2 fully saturated rings. The van der Waals surface area contributed by atoms with E-state index in [0.717, 1.165) is 35.5 Å². The molecule has 0 aliphatic heterocycles. The third kappa shape index (κ3) is 8.38. The van der Waals surface area contributed by atoms with Gasteiger partial charge in [0, 0.05) is 0 Å². The first-order chi connectivity index (χ1) is 17.9. The number of rotatable bonds is 6. The minimum atomic E-state index is 0. The van der Waals surface area contributed by atoms with Crippen LogP contribution in [0.4, 0.5) is 0 Å². The molecule has 2 saturated carbocycles. The van der Waals surface area contributed by atoms with Crippen molar-refractivity contribution in [1.29, 1.82) is 0 Å². The molecule has 0 amide bonds. The van der Waals surface area contributed by atoms with Gasteiger partial charge < -0.3 is 20.3 Å². The fourth-order valence-electron chi connectivity index (χ4n) is 6.18. The Morgan fingerprint density at radius 3 is 1.39 bits per heavy atom. The van der Waals surface area contributed by atoms with E-state index in [2.05, 4.69) is 110 Å². The summed E-state index contributed by atoms with van der Waals surface area (Å²) in [6.07, 6.45) is 37.5. The molecule has 4 aliphatic carbocycles. The van der Waals surface area contributed by atoms with Gasteiger partial charge in [-0.2, -0.15) is 24.7 Å². The van der Waals surface area contributed by atoms with Gasteiger partial charge in [0.15, 0.2) is 0 Å². The van der Waals surface area contributed by atoms with Gasteiger partial charge in [0.1, 0.15) is 0 Å². The van der Waals surface area contributed by atoms with Crippen LogP contribution >= 0.6 is 0 Å². The topological polar surface area (TPSA) is 0 Å². The summed E-state index contributed by atoms with van der Waals surface area (Å²) in [6.45, 7) is 0. The summed E-state index contributed by atoms with van der Waals surface area (Å²) in [5.74, 6) is 4.80. The monoisotopic (exact) mass is 575 g/mol. The first-order valence-corrected chi connectivity index (χ1v) is 13.7. The van der Waals surface area contributed by atoms with Gasteiger partial charge in [-0.15, -0.1) is 0 Å². The molecule has 38 heavy (non-hydrogen) atoms. The van der Waals surface area contributed by atoms with Gasteiger partial charge in [0.05, 0.1) is 0 Å². The Hall–Kier alpha value is -2.24. The summed E-state index contributed by atoms with van der Waals surface area (Å²) < 4.78 is 0. The second-order valence-corrected chi connectivity index (χ2v) is 10.4. The Kier molecular flexibility index (Phi) is 12.8. The Morgan fingerprint density at radius 2 is 0.974 bits per heavy atom. The van der Waals surface area contributed by atoms with Gasteiger partial charge in [-0.05, 0) is 34.8 Å². The zero-order valence-electron chi connectivity index (χ0n) is 22.6. The van der Waals surface area contributed by atoms with E-state index in [4.69, 9.17) is 0 Å². The molecular weight excluding hydrogens is 536 g/mol. The van der Waals surface area contributed by atoms with E-state index >= 15 is 0 Å². The van der Waals surface area contributed by atoms with Crippen LogP contribution in [-0.2, 0) is 26.2 Å². The van der Waals surface area contributed by atoms with Crippen molar-refractivity contribution >= 4 is 12.2 Å². The van der Waals surface area contributed by atoms with Gasteiger partial charge in [-0.3, -0.25) is 0 Å². The molecule has 0 nitrogen and oxygen atoms in total. The van der Waals surface area contributed by atoms with Crippen LogP contribution < -0.4 is 0 Å². The molecule has 0 heterocycles. The third-order valence-corrected chi connectivity index (χ3v) is 8.13. The minimum absolute atomic E-state index is 0. The molecule has 0 N–H and O–H groups in total. The van der Waals surface area contributed by atoms with Crippen LogP contribution in [0.5, 0.6) is 0 Å². The maximum Gasteiger partial charge on any atom is 3.00 e. The predicted molar refractivity (Wildman–Crippen MR) is 162 cm³/mol. The summed E-state index contributed by atoms with van der Waals surface area (Å²) >= 11 is 0. The first-order valence-electron chi connectivity index (χ1n) is 13.7. The standard InChI is InChI=1S/C20H24.C16H14.CH3.Zr/c1-3-7-19-15(5-1)9-11-17(19)13-14-18-12-10-16-6-2-4-8-20(16)18;1-3-9-15(10-4-1)13-7-8-14-16-11-5-2-6-12-16;;/h1-8,11-12,15-20H,9-10,13-14H2;1-14H;1H3;/q-2;;-1;+3/b;13-7+,14-8+;;. The zero-order valence-corrected chi connectivity index (χ0v) is 25.1. The molecular formula is C37H41Zr. The maximum atomic E-state index is 2.60. The van der Waals surface area contributed by atoms with Crippen LogP contribution in [0.1, 0.15) is 36.8 Å². The average Bonchev–Trinajstić information content (AvgIpc) is 3.56. The SMILES string of the molecule is C(/C=C/c1ccccc1)=C\c1ccccc1.C1=CC2C[CH-]C(CCC3[CH-]CC4C=CC=CC43)C2C=C1.[CH3-].[Zr+3]. The Morgan fingerprint density at radius 1 is 0.579 bits per heavy atom. The fraction of sp³-hybridized carbons (Fsp3) is 0.270. The summed E-state index contributed by atoms with van der Waals surface area (Å²) in [7, 11) is 0. The van der Waals surface area contributed by atoms with Crippen LogP contribution in [0.25, 0.3) is 12.2 Å². The molecule has 4 aliphatic rings. The smallest absolute Gasteiger partial charge is 0.358 e. The Bertz CT molecular complexity index is 1030. The molecule has 193 valence electrons. The van der Waals surface area contributed by atoms with Crippen LogP contribution in [0.3, 0.4) is 0 Å². The number of hydrogen-bond donors (Lipinski definition) is 0. The van der Waals surface area contributed by atoms with E-state index in [-0.39, 0.29) is 33.6 Å². The summed E-state index contributed by atoms with van der Waals surface area (Å²) in [5, 5.41) is 0. The summed E-state index contributed by atoms with van der Waals surface area (Å²) in [6, 6.07) is 20.6. The zero-order chi connectivity index (χ0) is 24.4. The molecule has 2 aromatic rings. The van der Waals surface area contributed by atoms with E-state index < -0.39 is 0 Å². The van der Waals surface area contributed by atoms with Crippen molar-refractivity contribution in [2.75, 3.05) is 0 Å². The van der Waals surface area contributed by atoms with Gasteiger partial charge in [-0.25, -0.2) is 0 Å². The average molecular weight is 577 g/mol. The quantitative estimate of drug-likeness (QED) is 0.237. The fourth-order valence-corrected chi connectivity index (χ4v) is 6.18. The minimum Gasteiger partial charge on any atom is -0.358 e. The molecule has 0 bridgehead atoms. The first kappa shape index (κ1) is 30.3. The molecule has 0 saturated heterocycles. The van der Waals surface area contributed by atoms with Crippen molar-refractivity contribution in [2.24, 2.45) is 35.5 Å². The van der Waals surface area contributed by atoms with E-state index in [1.54, 1.807) is 0 Å². The number of hydrogen-bond acceptors (Lipinski definition) is 0. The summed E-state index contributed by atoms with van der Waals surface area (Å²) in [5.41, 5.74) is 2.44. The molecule has 6 rings (SSSR count). The predicted octanol–water partition coefficient (Wildman–Crippen LogP) is 9.79. The van der Waals surface area contributed by atoms with E-state index in [0.29, 0.717) is 0 Å². The Balaban J connectivity index is 0.000000205. The van der Waals surface area contributed by atoms with Gasteiger partial charge in [0.2, 0.25) is 0 Å². The molecule has 6 atom stereocenters. The van der Waals surface area contributed by atoms with Crippen LogP contribution in [-0.4, -0.2) is 0 Å². The third-order valence-electron chi connectivity index (χ3n) is 8.13. The van der Waals surface area contributed by atoms with Crippen molar-refractivity contribution < 1.29 is 26.2 Å². The second-order valence-electron chi connectivity index (χ2n) is 10.4. The van der Waals surface area contributed by atoms with Crippen LogP contribution in [0.15, 0.2) is 121 Å². The van der Waals surface area contributed by atoms with E-state index in [9.17, 15) is 0 Å². The molecule has 0 aromatic heterocycles. The molecule has 2 aromatic carbocycles. The van der Waals surface area contributed by atoms with Crippen LogP contribution in [0, 0.1) is 55.8 Å². The van der Waals surface area contributed by atoms with E-state index in [1.807, 2.05) is 36.4 Å². The van der Waals surface area contributed by atoms with Crippen molar-refractivity contribution in [3.05, 3.63) is 153 Å². The molecule has 1 heteroatoms. The van der Waals surface area contributed by atoms with E-state index in [1.165, 1.54) is 36.8 Å². The van der Waals surface area contributed by atoms with Gasteiger partial charge in [0.25, 0.3) is 0 Å². The number of allylic oxidation sites excluding steroid dienone is 10. The van der Waals surface area contributed by atoms with Gasteiger partial charge >= 0.3 is 26.2 Å². The molecule has 1 radical (unpaired) electrons. The largest absolute Gasteiger partial charge is 3.00 e. The van der Waals surface area contributed by atoms with Crippen LogP contribution in [0.2, 0.25) is 0 Å². The Labute approximate surface area is 251 Å². The number of fused-ring (bicyclic) bond motifs is 2.